The minimum absolute atomic E-state index is 0.0639. The Labute approximate surface area is 183 Å². The van der Waals surface area contributed by atoms with Crippen LogP contribution in [0.4, 0.5) is 5.69 Å². The molecule has 0 bridgehead atoms. The number of thiophene rings is 1. The number of nitrogens with one attached hydrogen (secondary N) is 1. The SMILES string of the molecule is O=C(Nc1cccc(-c2cc3c(o2)CCN(C(=O)c2cccs2)C3)c1)c1ccccc1. The van der Waals surface area contributed by atoms with E-state index in [-0.39, 0.29) is 11.8 Å². The van der Waals surface area contributed by atoms with Crippen LogP contribution in [0.5, 0.6) is 0 Å². The molecule has 3 heterocycles. The Kier molecular flexibility index (Phi) is 5.14. The molecular formula is C25H20N2O3S. The monoisotopic (exact) mass is 428 g/mol. The zero-order valence-electron chi connectivity index (χ0n) is 16.7. The second-order valence-corrected chi connectivity index (χ2v) is 8.36. The molecule has 0 atom stereocenters. The second kappa shape index (κ2) is 8.24. The number of carbonyl (C=O) groups excluding carboxylic acids is 2. The molecule has 154 valence electrons. The van der Waals surface area contributed by atoms with Gasteiger partial charge >= 0.3 is 0 Å². The van der Waals surface area contributed by atoms with Crippen molar-refractivity contribution in [2.75, 3.05) is 11.9 Å². The van der Waals surface area contributed by atoms with Crippen molar-refractivity contribution in [1.82, 2.24) is 4.90 Å². The van der Waals surface area contributed by atoms with Crippen molar-refractivity contribution in [2.24, 2.45) is 0 Å². The first kappa shape index (κ1) is 19.3. The van der Waals surface area contributed by atoms with Gasteiger partial charge in [-0.05, 0) is 41.8 Å². The summed E-state index contributed by atoms with van der Waals surface area (Å²) in [6.45, 7) is 1.18. The van der Waals surface area contributed by atoms with Gasteiger partial charge in [-0.15, -0.1) is 11.3 Å². The van der Waals surface area contributed by atoms with Crippen molar-refractivity contribution in [3.63, 3.8) is 0 Å². The van der Waals surface area contributed by atoms with E-state index in [0.717, 1.165) is 27.5 Å². The van der Waals surface area contributed by atoms with E-state index in [1.807, 2.05) is 70.9 Å². The van der Waals surface area contributed by atoms with Crippen molar-refractivity contribution in [3.8, 4) is 11.3 Å². The highest BCUT2D eigenvalue weighted by Crippen LogP contribution is 2.31. The molecule has 4 aromatic rings. The number of amides is 2. The topological polar surface area (TPSA) is 62.6 Å². The summed E-state index contributed by atoms with van der Waals surface area (Å²) in [6, 6.07) is 22.5. The number of rotatable bonds is 4. The molecule has 1 N–H and O–H groups in total. The van der Waals surface area contributed by atoms with E-state index >= 15 is 0 Å². The number of hydrogen-bond acceptors (Lipinski definition) is 4. The minimum Gasteiger partial charge on any atom is -0.461 e. The summed E-state index contributed by atoms with van der Waals surface area (Å²) in [5, 5.41) is 4.85. The lowest BCUT2D eigenvalue weighted by Gasteiger charge is -2.25. The zero-order chi connectivity index (χ0) is 21.2. The van der Waals surface area contributed by atoms with Crippen molar-refractivity contribution >= 4 is 28.8 Å². The number of fused-ring (bicyclic) bond motifs is 1. The van der Waals surface area contributed by atoms with Gasteiger partial charge in [0.15, 0.2) is 0 Å². The van der Waals surface area contributed by atoms with Crippen LogP contribution in [0, 0.1) is 0 Å². The normalized spacial score (nSPS) is 13.0. The summed E-state index contributed by atoms with van der Waals surface area (Å²) >= 11 is 1.46. The highest BCUT2D eigenvalue weighted by molar-refractivity contribution is 7.12. The van der Waals surface area contributed by atoms with E-state index < -0.39 is 0 Å². The van der Waals surface area contributed by atoms with Crippen LogP contribution < -0.4 is 5.32 Å². The molecule has 1 aliphatic rings. The average Bonchev–Trinajstić information content (AvgIpc) is 3.49. The Morgan fingerprint density at radius 1 is 0.968 bits per heavy atom. The molecule has 0 spiro atoms. The van der Waals surface area contributed by atoms with E-state index in [2.05, 4.69) is 5.32 Å². The highest BCUT2D eigenvalue weighted by atomic mass is 32.1. The lowest BCUT2D eigenvalue weighted by atomic mass is 10.1. The quantitative estimate of drug-likeness (QED) is 0.470. The number of carbonyl (C=O) groups is 2. The van der Waals surface area contributed by atoms with Gasteiger partial charge in [0.05, 0.1) is 4.88 Å². The lowest BCUT2D eigenvalue weighted by molar-refractivity contribution is 0.0734. The molecule has 5 rings (SSSR count). The second-order valence-electron chi connectivity index (χ2n) is 7.41. The van der Waals surface area contributed by atoms with Crippen LogP contribution >= 0.6 is 11.3 Å². The van der Waals surface area contributed by atoms with Gasteiger partial charge in [0, 0.05) is 41.9 Å². The standard InChI is InChI=1S/C25H20N2O3S/c28-24(17-6-2-1-3-7-17)26-20-9-4-8-18(14-20)22-15-19-16-27(12-11-21(19)30-22)25(29)23-10-5-13-31-23/h1-10,13-15H,11-12,16H2,(H,26,28). The molecule has 31 heavy (non-hydrogen) atoms. The van der Waals surface area contributed by atoms with Gasteiger partial charge in [-0.25, -0.2) is 0 Å². The first-order valence-corrected chi connectivity index (χ1v) is 11.0. The van der Waals surface area contributed by atoms with Gasteiger partial charge in [-0.1, -0.05) is 36.4 Å². The molecule has 0 saturated heterocycles. The Balaban J connectivity index is 1.34. The van der Waals surface area contributed by atoms with Crippen molar-refractivity contribution in [3.05, 3.63) is 99.9 Å². The summed E-state index contributed by atoms with van der Waals surface area (Å²) in [5.41, 5.74) is 3.23. The van der Waals surface area contributed by atoms with Crippen LogP contribution in [0.15, 0.2) is 82.6 Å². The van der Waals surface area contributed by atoms with Crippen LogP contribution in [0.2, 0.25) is 0 Å². The Morgan fingerprint density at radius 2 is 1.84 bits per heavy atom. The molecule has 5 nitrogen and oxygen atoms in total. The first-order chi connectivity index (χ1) is 15.2. The van der Waals surface area contributed by atoms with Gasteiger partial charge in [-0.3, -0.25) is 9.59 Å². The number of furan rings is 1. The smallest absolute Gasteiger partial charge is 0.264 e. The van der Waals surface area contributed by atoms with Crippen LogP contribution in [0.25, 0.3) is 11.3 Å². The molecule has 6 heteroatoms. The molecule has 2 aromatic carbocycles. The fourth-order valence-electron chi connectivity index (χ4n) is 3.75. The van der Waals surface area contributed by atoms with Crippen molar-refractivity contribution in [1.29, 1.82) is 0 Å². The van der Waals surface area contributed by atoms with Crippen LogP contribution in [0.1, 0.15) is 31.4 Å². The van der Waals surface area contributed by atoms with E-state index in [0.29, 0.717) is 30.8 Å². The summed E-state index contributed by atoms with van der Waals surface area (Å²) in [5.74, 6) is 1.57. The van der Waals surface area contributed by atoms with Gasteiger partial charge in [0.1, 0.15) is 11.5 Å². The average molecular weight is 429 g/mol. The van der Waals surface area contributed by atoms with Gasteiger partial charge in [0.25, 0.3) is 11.8 Å². The number of anilines is 1. The third-order valence-corrected chi connectivity index (χ3v) is 6.18. The fourth-order valence-corrected chi connectivity index (χ4v) is 4.44. The summed E-state index contributed by atoms with van der Waals surface area (Å²) in [4.78, 5) is 27.7. The summed E-state index contributed by atoms with van der Waals surface area (Å²) in [6.07, 6.45) is 0.691. The first-order valence-electron chi connectivity index (χ1n) is 10.1. The minimum atomic E-state index is -0.153. The molecule has 0 radical (unpaired) electrons. The lowest BCUT2D eigenvalue weighted by Crippen LogP contribution is -2.35. The third-order valence-electron chi connectivity index (χ3n) is 5.33. The van der Waals surface area contributed by atoms with Crippen LogP contribution in [-0.2, 0) is 13.0 Å². The predicted molar refractivity (Wildman–Crippen MR) is 121 cm³/mol. The van der Waals surface area contributed by atoms with Gasteiger partial charge in [-0.2, -0.15) is 0 Å². The van der Waals surface area contributed by atoms with Gasteiger partial charge in [0.2, 0.25) is 0 Å². The molecule has 0 aliphatic carbocycles. The zero-order valence-corrected chi connectivity index (χ0v) is 17.5. The number of benzene rings is 2. The van der Waals surface area contributed by atoms with Crippen LogP contribution in [0.3, 0.4) is 0 Å². The predicted octanol–water partition coefficient (Wildman–Crippen LogP) is 5.46. The van der Waals surface area contributed by atoms with E-state index in [4.69, 9.17) is 4.42 Å². The van der Waals surface area contributed by atoms with Crippen molar-refractivity contribution in [2.45, 2.75) is 13.0 Å². The molecule has 0 fully saturated rings. The summed E-state index contributed by atoms with van der Waals surface area (Å²) in [7, 11) is 0. The van der Waals surface area contributed by atoms with Crippen LogP contribution in [-0.4, -0.2) is 23.3 Å². The molecular weight excluding hydrogens is 408 g/mol. The molecule has 0 unspecified atom stereocenters. The Bertz CT molecular complexity index is 1230. The fraction of sp³-hybridized carbons (Fsp3) is 0.120. The van der Waals surface area contributed by atoms with E-state index in [1.54, 1.807) is 12.1 Å². The molecule has 0 saturated carbocycles. The maximum Gasteiger partial charge on any atom is 0.264 e. The highest BCUT2D eigenvalue weighted by Gasteiger charge is 2.25. The molecule has 2 amide bonds. The maximum atomic E-state index is 12.7. The molecule has 1 aliphatic heterocycles. The van der Waals surface area contributed by atoms with E-state index in [9.17, 15) is 9.59 Å². The van der Waals surface area contributed by atoms with Gasteiger partial charge < -0.3 is 14.6 Å². The summed E-state index contributed by atoms with van der Waals surface area (Å²) < 4.78 is 6.11. The van der Waals surface area contributed by atoms with E-state index in [1.165, 1.54) is 11.3 Å². The number of nitrogens with zero attached hydrogens (tertiary/aromatic N) is 1. The van der Waals surface area contributed by atoms with Crippen molar-refractivity contribution < 1.29 is 14.0 Å². The largest absolute Gasteiger partial charge is 0.461 e. The molecule has 2 aromatic heterocycles. The maximum absolute atomic E-state index is 12.7. The Hall–Kier alpha value is -3.64. The number of hydrogen-bond donors (Lipinski definition) is 1. The Morgan fingerprint density at radius 3 is 2.65 bits per heavy atom. The third kappa shape index (κ3) is 4.02.